The molecular weight excluding hydrogens is 239 g/mol. The first-order valence-corrected chi connectivity index (χ1v) is 4.85. The number of hydrogen-bond acceptors (Lipinski definition) is 3. The lowest BCUT2D eigenvalue weighted by Crippen LogP contribution is -2.36. The zero-order valence-electron chi connectivity index (χ0n) is 8.04. The Labute approximate surface area is 97.5 Å². The van der Waals surface area contributed by atoms with E-state index in [1.165, 1.54) is 13.1 Å². The van der Waals surface area contributed by atoms with Crippen molar-refractivity contribution >= 4 is 29.1 Å². The Balaban J connectivity index is 2.58. The van der Waals surface area contributed by atoms with Gasteiger partial charge in [0.25, 0.3) is 5.91 Å². The molecule has 0 atom stereocenters. The largest absolute Gasteiger partial charge is 0.484 e. The maximum Gasteiger partial charge on any atom is 0.274 e. The van der Waals surface area contributed by atoms with Crippen LogP contribution in [-0.2, 0) is 4.79 Å². The summed E-state index contributed by atoms with van der Waals surface area (Å²) in [5.74, 6) is 5.35. The average molecular weight is 249 g/mol. The summed E-state index contributed by atoms with van der Waals surface area (Å²) in [6.45, 7) is -0.134. The Kier molecular flexibility index (Phi) is 4.20. The molecule has 1 rings (SSSR count). The molecule has 0 radical (unpaired) electrons. The van der Waals surface area contributed by atoms with Crippen LogP contribution in [0.4, 0.5) is 0 Å². The van der Waals surface area contributed by atoms with E-state index in [1.807, 2.05) is 0 Å². The average Bonchev–Trinajstić information content (AvgIpc) is 2.19. The summed E-state index contributed by atoms with van der Waals surface area (Å²) < 4.78 is 5.15. The molecule has 0 saturated carbocycles. The number of halogens is 2. The number of rotatable bonds is 3. The summed E-state index contributed by atoms with van der Waals surface area (Å²) in [5.41, 5.74) is 0. The van der Waals surface area contributed by atoms with E-state index in [-0.39, 0.29) is 12.5 Å². The molecule has 0 aliphatic rings. The monoisotopic (exact) mass is 248 g/mol. The summed E-state index contributed by atoms with van der Waals surface area (Å²) in [6, 6.07) is 4.75. The topological polar surface area (TPSA) is 55.6 Å². The summed E-state index contributed by atoms with van der Waals surface area (Å²) in [7, 11) is 1.44. The van der Waals surface area contributed by atoms with Crippen LogP contribution in [0, 0.1) is 0 Å². The fraction of sp³-hybridized carbons (Fsp3) is 0.222. The van der Waals surface area contributed by atoms with Gasteiger partial charge in [-0.1, -0.05) is 23.2 Å². The molecule has 0 unspecified atom stereocenters. The second kappa shape index (κ2) is 5.21. The first-order valence-electron chi connectivity index (χ1n) is 4.10. The van der Waals surface area contributed by atoms with Gasteiger partial charge in [0.1, 0.15) is 5.75 Å². The van der Waals surface area contributed by atoms with Crippen LogP contribution in [-0.4, -0.2) is 24.6 Å². The molecule has 4 nitrogen and oxygen atoms in total. The van der Waals surface area contributed by atoms with Gasteiger partial charge in [-0.05, 0) is 12.1 Å². The fourth-order valence-corrected chi connectivity index (χ4v) is 1.10. The highest BCUT2D eigenvalue weighted by Gasteiger charge is 2.06. The molecule has 82 valence electrons. The van der Waals surface area contributed by atoms with Crippen LogP contribution in [0.1, 0.15) is 0 Å². The Morgan fingerprint density at radius 3 is 2.67 bits per heavy atom. The van der Waals surface area contributed by atoms with Crippen LogP contribution in [0.3, 0.4) is 0 Å². The van der Waals surface area contributed by atoms with Crippen molar-refractivity contribution in [3.63, 3.8) is 0 Å². The van der Waals surface area contributed by atoms with Crippen LogP contribution in [0.25, 0.3) is 0 Å². The van der Waals surface area contributed by atoms with E-state index in [1.54, 1.807) is 12.1 Å². The first kappa shape index (κ1) is 12.1. The van der Waals surface area contributed by atoms with Gasteiger partial charge in [-0.2, -0.15) is 0 Å². The zero-order chi connectivity index (χ0) is 11.4. The van der Waals surface area contributed by atoms with E-state index < -0.39 is 0 Å². The van der Waals surface area contributed by atoms with Gasteiger partial charge in [-0.15, -0.1) is 0 Å². The third-order valence-corrected chi connectivity index (χ3v) is 2.39. The van der Waals surface area contributed by atoms with Crippen LogP contribution in [0.2, 0.25) is 10.0 Å². The molecule has 0 heterocycles. The smallest absolute Gasteiger partial charge is 0.274 e. The van der Waals surface area contributed by atoms with E-state index >= 15 is 0 Å². The third-order valence-electron chi connectivity index (χ3n) is 1.65. The molecule has 0 aliphatic heterocycles. The standard InChI is InChI=1S/C9H10Cl2N2O2/c1-13(12)9(14)5-15-6-2-3-7(10)8(11)4-6/h2-4H,5,12H2,1H3. The van der Waals surface area contributed by atoms with Gasteiger partial charge in [0.2, 0.25) is 0 Å². The molecule has 0 spiro atoms. The second-order valence-corrected chi connectivity index (χ2v) is 3.68. The van der Waals surface area contributed by atoms with Crippen LogP contribution in [0.5, 0.6) is 5.75 Å². The number of amides is 1. The second-order valence-electron chi connectivity index (χ2n) is 2.87. The van der Waals surface area contributed by atoms with E-state index in [2.05, 4.69) is 0 Å². The molecule has 2 N–H and O–H groups in total. The predicted octanol–water partition coefficient (Wildman–Crippen LogP) is 1.70. The highest BCUT2D eigenvalue weighted by molar-refractivity contribution is 6.42. The van der Waals surface area contributed by atoms with Crippen LogP contribution >= 0.6 is 23.2 Å². The molecule has 1 aromatic carbocycles. The Bertz CT molecular complexity index is 369. The van der Waals surface area contributed by atoms with Crippen LogP contribution in [0.15, 0.2) is 18.2 Å². The molecule has 6 heteroatoms. The minimum absolute atomic E-state index is 0.134. The molecule has 0 fully saturated rings. The summed E-state index contributed by atoms with van der Waals surface area (Å²) in [5, 5.41) is 1.77. The van der Waals surface area contributed by atoms with Crippen molar-refractivity contribution in [3.8, 4) is 5.75 Å². The number of nitrogens with zero attached hydrogens (tertiary/aromatic N) is 1. The lowest BCUT2D eigenvalue weighted by atomic mass is 10.3. The molecule has 0 saturated heterocycles. The number of ether oxygens (including phenoxy) is 1. The molecular formula is C9H10Cl2N2O2. The van der Waals surface area contributed by atoms with Gasteiger partial charge in [-0.3, -0.25) is 9.80 Å². The van der Waals surface area contributed by atoms with Gasteiger partial charge in [0.15, 0.2) is 6.61 Å². The van der Waals surface area contributed by atoms with Crippen molar-refractivity contribution in [1.29, 1.82) is 0 Å². The molecule has 0 aliphatic carbocycles. The highest BCUT2D eigenvalue weighted by atomic mass is 35.5. The third kappa shape index (κ3) is 3.58. The van der Waals surface area contributed by atoms with E-state index in [4.69, 9.17) is 33.8 Å². The van der Waals surface area contributed by atoms with Crippen LogP contribution < -0.4 is 10.6 Å². The number of benzene rings is 1. The van der Waals surface area contributed by atoms with Gasteiger partial charge in [0.05, 0.1) is 10.0 Å². The zero-order valence-corrected chi connectivity index (χ0v) is 9.55. The van der Waals surface area contributed by atoms with Crippen molar-refractivity contribution in [2.45, 2.75) is 0 Å². The van der Waals surface area contributed by atoms with Crippen molar-refractivity contribution in [1.82, 2.24) is 5.01 Å². The van der Waals surface area contributed by atoms with Crippen molar-refractivity contribution in [3.05, 3.63) is 28.2 Å². The lowest BCUT2D eigenvalue weighted by molar-refractivity contribution is -0.132. The lowest BCUT2D eigenvalue weighted by Gasteiger charge is -2.11. The van der Waals surface area contributed by atoms with Gasteiger partial charge < -0.3 is 4.74 Å². The normalized spacial score (nSPS) is 9.87. The minimum Gasteiger partial charge on any atom is -0.484 e. The van der Waals surface area contributed by atoms with Gasteiger partial charge in [0, 0.05) is 13.1 Å². The van der Waals surface area contributed by atoms with Gasteiger partial charge in [-0.25, -0.2) is 5.84 Å². The maximum absolute atomic E-state index is 11.1. The number of likely N-dealkylation sites (N-methyl/N-ethyl adjacent to an activating group) is 1. The number of carbonyl (C=O) groups excluding carboxylic acids is 1. The number of nitrogens with two attached hydrogens (primary N) is 1. The highest BCUT2D eigenvalue weighted by Crippen LogP contribution is 2.26. The van der Waals surface area contributed by atoms with E-state index in [9.17, 15) is 4.79 Å². The Morgan fingerprint density at radius 1 is 1.47 bits per heavy atom. The minimum atomic E-state index is -0.332. The summed E-state index contributed by atoms with van der Waals surface area (Å²) in [6.07, 6.45) is 0. The van der Waals surface area contributed by atoms with Gasteiger partial charge >= 0.3 is 0 Å². The number of hydrazine groups is 1. The molecule has 1 amide bonds. The molecule has 15 heavy (non-hydrogen) atoms. The quantitative estimate of drug-likeness (QED) is 0.504. The van der Waals surface area contributed by atoms with Crippen molar-refractivity contribution in [2.75, 3.05) is 13.7 Å². The Morgan fingerprint density at radius 2 is 2.13 bits per heavy atom. The number of hydrogen-bond donors (Lipinski definition) is 1. The van der Waals surface area contributed by atoms with E-state index in [0.29, 0.717) is 15.8 Å². The Hall–Kier alpha value is -0.970. The number of carbonyl (C=O) groups is 1. The van der Waals surface area contributed by atoms with Crippen molar-refractivity contribution in [2.24, 2.45) is 5.84 Å². The predicted molar refractivity (Wildman–Crippen MR) is 58.9 cm³/mol. The molecule has 1 aromatic rings. The summed E-state index contributed by atoms with van der Waals surface area (Å²) in [4.78, 5) is 11.1. The van der Waals surface area contributed by atoms with Crippen molar-refractivity contribution < 1.29 is 9.53 Å². The van der Waals surface area contributed by atoms with E-state index in [0.717, 1.165) is 5.01 Å². The molecule has 0 aromatic heterocycles. The first-order chi connectivity index (χ1) is 7.00. The summed E-state index contributed by atoms with van der Waals surface area (Å²) >= 11 is 11.5. The SMILES string of the molecule is CN(N)C(=O)COc1ccc(Cl)c(Cl)c1. The molecule has 0 bridgehead atoms. The fourth-order valence-electron chi connectivity index (χ4n) is 0.814. The maximum atomic E-state index is 11.1.